The number of hydrogen-bond donors (Lipinski definition) is 4. The Bertz CT molecular complexity index is 1520. The van der Waals surface area contributed by atoms with E-state index in [-0.39, 0.29) is 60.2 Å². The second-order valence-electron chi connectivity index (χ2n) is 15.1. The smallest absolute Gasteiger partial charge is 0.209 e. The van der Waals surface area contributed by atoms with Crippen molar-refractivity contribution in [2.75, 3.05) is 0 Å². The Labute approximate surface area is 253 Å². The Morgan fingerprint density at radius 2 is 1.63 bits per heavy atom. The van der Waals surface area contributed by atoms with Crippen LogP contribution in [0.4, 0.5) is 0 Å². The van der Waals surface area contributed by atoms with Crippen molar-refractivity contribution in [2.24, 2.45) is 28.1 Å². The number of carbonyl (C=O) groups is 4. The summed E-state index contributed by atoms with van der Waals surface area (Å²) in [5.41, 5.74) is -4.58. The third-order valence-electron chi connectivity index (χ3n) is 10.2. The van der Waals surface area contributed by atoms with Gasteiger partial charge in [-0.05, 0) is 54.7 Å². The number of carbonyl (C=O) groups excluding carboxylic acids is 4. The molecule has 0 amide bonds. The van der Waals surface area contributed by atoms with Crippen LogP contribution in [0.3, 0.4) is 0 Å². The first-order valence-electron chi connectivity index (χ1n) is 15.2. The monoisotopic (exact) mass is 594 g/mol. The van der Waals surface area contributed by atoms with Crippen molar-refractivity contribution < 1.29 is 39.6 Å². The molecule has 3 aliphatic rings. The van der Waals surface area contributed by atoms with Crippen LogP contribution in [0.1, 0.15) is 115 Å². The maximum absolute atomic E-state index is 14.4. The lowest BCUT2D eigenvalue weighted by molar-refractivity contribution is -0.171. The Kier molecular flexibility index (Phi) is 7.70. The average Bonchev–Trinajstić information content (AvgIpc) is 2.84. The minimum Gasteiger partial charge on any atom is -0.511 e. The first-order chi connectivity index (χ1) is 19.6. The van der Waals surface area contributed by atoms with Crippen molar-refractivity contribution in [3.05, 3.63) is 51.0 Å². The lowest BCUT2D eigenvalue weighted by atomic mass is 9.44. The van der Waals surface area contributed by atoms with E-state index in [2.05, 4.69) is 0 Å². The summed E-state index contributed by atoms with van der Waals surface area (Å²) < 4.78 is 0. The summed E-state index contributed by atoms with van der Waals surface area (Å²) in [6.07, 6.45) is 0.655. The summed E-state index contributed by atoms with van der Waals surface area (Å²) in [4.78, 5) is 53.6. The molecule has 1 unspecified atom stereocenters. The summed E-state index contributed by atoms with van der Waals surface area (Å²) >= 11 is 0. The highest BCUT2D eigenvalue weighted by Crippen LogP contribution is 2.65. The molecule has 0 spiro atoms. The number of rotatable bonds is 6. The van der Waals surface area contributed by atoms with E-state index in [1.807, 2.05) is 40.7 Å². The number of aromatic hydroxyl groups is 1. The van der Waals surface area contributed by atoms with Gasteiger partial charge in [0.25, 0.3) is 0 Å². The van der Waals surface area contributed by atoms with Gasteiger partial charge < -0.3 is 20.4 Å². The molecule has 0 saturated carbocycles. The average molecular weight is 595 g/mol. The second-order valence-corrected chi connectivity index (χ2v) is 15.1. The van der Waals surface area contributed by atoms with Gasteiger partial charge >= 0.3 is 0 Å². The van der Waals surface area contributed by atoms with Crippen LogP contribution in [-0.4, -0.2) is 49.2 Å². The number of allylic oxidation sites excluding steroid dienone is 2. The zero-order valence-corrected chi connectivity index (χ0v) is 27.1. The van der Waals surface area contributed by atoms with Gasteiger partial charge in [-0.15, -0.1) is 0 Å². The van der Waals surface area contributed by atoms with E-state index in [4.69, 9.17) is 0 Å². The number of aliphatic hydroxyl groups is 3. The molecule has 1 aromatic rings. The minimum absolute atomic E-state index is 0.00415. The van der Waals surface area contributed by atoms with Crippen LogP contribution in [0.2, 0.25) is 0 Å². The highest BCUT2D eigenvalue weighted by molar-refractivity contribution is 6.25. The molecule has 4 atom stereocenters. The maximum Gasteiger partial charge on any atom is 0.209 e. The number of fused-ring (bicyclic) bond motifs is 3. The fourth-order valence-electron chi connectivity index (χ4n) is 8.21. The molecule has 0 saturated heterocycles. The van der Waals surface area contributed by atoms with E-state index in [9.17, 15) is 39.6 Å². The molecule has 234 valence electrons. The fourth-order valence-corrected chi connectivity index (χ4v) is 8.21. The predicted molar refractivity (Wildman–Crippen MR) is 162 cm³/mol. The topological polar surface area (TPSA) is 149 Å². The Hall–Kier alpha value is -3.26. The molecule has 0 heterocycles. The number of aryl methyl sites for hydroxylation is 1. The van der Waals surface area contributed by atoms with Gasteiger partial charge in [-0.2, -0.15) is 0 Å². The number of phenols is 1. The highest BCUT2D eigenvalue weighted by atomic mass is 16.3. The quantitative estimate of drug-likeness (QED) is 0.292. The van der Waals surface area contributed by atoms with Crippen molar-refractivity contribution in [3.8, 4) is 5.75 Å². The van der Waals surface area contributed by atoms with E-state index >= 15 is 0 Å². The van der Waals surface area contributed by atoms with Gasteiger partial charge in [0.1, 0.15) is 28.6 Å². The molecule has 4 rings (SSSR count). The van der Waals surface area contributed by atoms with E-state index in [1.165, 1.54) is 0 Å². The molecule has 0 aromatic heterocycles. The first kappa shape index (κ1) is 32.6. The van der Waals surface area contributed by atoms with Crippen molar-refractivity contribution in [3.63, 3.8) is 0 Å². The molecule has 0 fully saturated rings. The molecule has 43 heavy (non-hydrogen) atoms. The molecule has 8 nitrogen and oxygen atoms in total. The summed E-state index contributed by atoms with van der Waals surface area (Å²) in [6.45, 7) is 17.6. The van der Waals surface area contributed by atoms with Crippen LogP contribution >= 0.6 is 0 Å². The Morgan fingerprint density at radius 1 is 1.05 bits per heavy atom. The van der Waals surface area contributed by atoms with Gasteiger partial charge in [0.15, 0.2) is 17.2 Å². The number of phenolic OH excluding ortho intramolecular Hbond substituents is 1. The summed E-state index contributed by atoms with van der Waals surface area (Å²) in [5.74, 6) is -5.32. The van der Waals surface area contributed by atoms with Crippen molar-refractivity contribution in [1.29, 1.82) is 0 Å². The standard InChI is InChI=1S/C35H46O8/c1-16(2)20-13-19(11-12-22(37)32(6,7)8)27(38)24-21(20)14-33(9)15-34(10)25(17(3)4)28(39)23(18(5)36)30(41)35(34,43)31(42)26(33)29(24)40/h13,16-17,25,38-39,42-43H,11-12,14-15H2,1-10H3/t25?,33-,34-,35+/m1/s1. The zero-order chi connectivity index (χ0) is 32.8. The first-order valence-corrected chi connectivity index (χ1v) is 15.2. The molecule has 3 aliphatic carbocycles. The third-order valence-corrected chi connectivity index (χ3v) is 10.2. The highest BCUT2D eigenvalue weighted by Gasteiger charge is 2.71. The molecule has 4 N–H and O–H groups in total. The number of hydrogen-bond acceptors (Lipinski definition) is 8. The van der Waals surface area contributed by atoms with Crippen molar-refractivity contribution in [2.45, 2.75) is 106 Å². The molecule has 1 aromatic carbocycles. The van der Waals surface area contributed by atoms with Gasteiger partial charge in [0.2, 0.25) is 5.78 Å². The largest absolute Gasteiger partial charge is 0.511 e. The second kappa shape index (κ2) is 10.1. The van der Waals surface area contributed by atoms with Gasteiger partial charge in [-0.25, -0.2) is 0 Å². The fraction of sp³-hybridized carbons (Fsp3) is 0.600. The molecular formula is C35H46O8. The number of aliphatic hydroxyl groups excluding tert-OH is 2. The maximum atomic E-state index is 14.4. The molecule has 0 bridgehead atoms. The van der Waals surface area contributed by atoms with Crippen LogP contribution < -0.4 is 0 Å². The lowest BCUT2D eigenvalue weighted by Crippen LogP contribution is -2.67. The van der Waals surface area contributed by atoms with E-state index in [1.54, 1.807) is 27.7 Å². The van der Waals surface area contributed by atoms with E-state index < -0.39 is 62.2 Å². The van der Waals surface area contributed by atoms with E-state index in [0.29, 0.717) is 11.1 Å². The number of Topliss-reactive ketones (excluding diaryl/α,β-unsaturated/α-hetero) is 4. The van der Waals surface area contributed by atoms with Gasteiger partial charge in [0, 0.05) is 34.2 Å². The summed E-state index contributed by atoms with van der Waals surface area (Å²) in [7, 11) is 0. The predicted octanol–water partition coefficient (Wildman–Crippen LogP) is 6.02. The van der Waals surface area contributed by atoms with E-state index in [0.717, 1.165) is 12.5 Å². The third kappa shape index (κ3) is 4.50. The van der Waals surface area contributed by atoms with Crippen molar-refractivity contribution >= 4 is 23.1 Å². The molecule has 8 heteroatoms. The normalized spacial score (nSPS) is 29.2. The lowest BCUT2D eigenvalue weighted by Gasteiger charge is -2.59. The SMILES string of the molecule is CC(=O)C1=C(O)C(C(C)C)[C@@]2(C)C[C@@]3(C)Cc4c(C(C)C)cc(CCC(=O)C(C)(C)C)c(O)c4C(=O)C3=C(O)[C@@]2(O)C1=O. The van der Waals surface area contributed by atoms with Crippen molar-refractivity contribution in [1.82, 2.24) is 0 Å². The van der Waals surface area contributed by atoms with Gasteiger partial charge in [-0.3, -0.25) is 19.2 Å². The number of ketones is 4. The van der Waals surface area contributed by atoms with Crippen LogP contribution in [0.25, 0.3) is 0 Å². The summed E-state index contributed by atoms with van der Waals surface area (Å²) in [6, 6.07) is 1.86. The number of benzene rings is 1. The minimum atomic E-state index is -2.65. The van der Waals surface area contributed by atoms with Gasteiger partial charge in [0.05, 0.1) is 5.56 Å². The zero-order valence-electron chi connectivity index (χ0n) is 27.1. The molecule has 0 aliphatic heterocycles. The van der Waals surface area contributed by atoms with Crippen LogP contribution in [0, 0.1) is 28.1 Å². The summed E-state index contributed by atoms with van der Waals surface area (Å²) in [5, 5.41) is 46.9. The van der Waals surface area contributed by atoms with Crippen LogP contribution in [0.15, 0.2) is 28.7 Å². The molecule has 0 radical (unpaired) electrons. The van der Waals surface area contributed by atoms with Gasteiger partial charge in [-0.1, -0.05) is 68.4 Å². The van der Waals surface area contributed by atoms with Crippen LogP contribution in [0.5, 0.6) is 5.75 Å². The Balaban J connectivity index is 2.00. The Morgan fingerprint density at radius 3 is 2.12 bits per heavy atom. The molecular weight excluding hydrogens is 548 g/mol. The van der Waals surface area contributed by atoms with Crippen LogP contribution in [-0.2, 0) is 27.2 Å².